The molecule has 0 amide bonds. The number of hydrogen-bond acceptors (Lipinski definition) is 2. The number of piperazine rings is 1. The van der Waals surface area contributed by atoms with E-state index in [0.717, 1.165) is 42.0 Å². The second-order valence-electron chi connectivity index (χ2n) is 4.93. The fraction of sp³-hybridized carbons (Fsp3) is 0.571. The largest absolute Gasteiger partial charge is 0.368 e. The first-order chi connectivity index (χ1) is 8.60. The molecule has 0 aliphatic carbocycles. The van der Waals surface area contributed by atoms with Crippen LogP contribution in [-0.2, 0) is 0 Å². The number of halogens is 2. The van der Waals surface area contributed by atoms with Crippen molar-refractivity contribution in [3.05, 3.63) is 27.7 Å². The Labute approximate surface area is 123 Å². The van der Waals surface area contributed by atoms with Crippen molar-refractivity contribution < 1.29 is 0 Å². The molecule has 1 aliphatic rings. The van der Waals surface area contributed by atoms with Crippen LogP contribution in [0.25, 0.3) is 0 Å². The topological polar surface area (TPSA) is 15.3 Å². The van der Waals surface area contributed by atoms with E-state index < -0.39 is 0 Å². The molecule has 1 fully saturated rings. The number of rotatable bonds is 3. The summed E-state index contributed by atoms with van der Waals surface area (Å²) in [5.74, 6) is 0. The van der Waals surface area contributed by atoms with Gasteiger partial charge in [-0.1, -0.05) is 25.4 Å². The maximum Gasteiger partial charge on any atom is 0.0568 e. The molecule has 1 aromatic carbocycles. The van der Waals surface area contributed by atoms with E-state index in [0.29, 0.717) is 0 Å². The van der Waals surface area contributed by atoms with Gasteiger partial charge in [-0.2, -0.15) is 0 Å². The number of benzene rings is 1. The number of nitrogens with one attached hydrogen (secondary N) is 1. The quantitative estimate of drug-likeness (QED) is 0.898. The summed E-state index contributed by atoms with van der Waals surface area (Å²) < 4.78 is 0.959. The lowest BCUT2D eigenvalue weighted by molar-refractivity contribution is 0.277. The van der Waals surface area contributed by atoms with E-state index >= 15 is 0 Å². The number of hydrogen-bond donors (Lipinski definition) is 1. The third-order valence-electron chi connectivity index (χ3n) is 4.00. The highest BCUT2D eigenvalue weighted by atomic mass is 79.9. The lowest BCUT2D eigenvalue weighted by atomic mass is 9.90. The summed E-state index contributed by atoms with van der Waals surface area (Å²) in [5.41, 5.74) is 1.47. The summed E-state index contributed by atoms with van der Waals surface area (Å²) in [6, 6.07) is 6.21. The molecule has 0 aromatic heterocycles. The summed E-state index contributed by atoms with van der Waals surface area (Å²) >= 11 is 9.62. The molecule has 1 aliphatic heterocycles. The molecule has 0 bridgehead atoms. The molecule has 2 nitrogen and oxygen atoms in total. The smallest absolute Gasteiger partial charge is 0.0568 e. The van der Waals surface area contributed by atoms with Crippen LogP contribution in [0.5, 0.6) is 0 Å². The van der Waals surface area contributed by atoms with Gasteiger partial charge in [-0.05, 0) is 47.0 Å². The molecule has 0 radical (unpaired) electrons. The molecule has 2 rings (SSSR count). The Kier molecular flexibility index (Phi) is 4.57. The van der Waals surface area contributed by atoms with E-state index in [1.54, 1.807) is 0 Å². The third-order valence-corrected chi connectivity index (χ3v) is 5.23. The second kappa shape index (κ2) is 5.81. The first kappa shape index (κ1) is 14.2. The van der Waals surface area contributed by atoms with Gasteiger partial charge in [0.05, 0.1) is 5.02 Å². The van der Waals surface area contributed by atoms with Crippen molar-refractivity contribution >= 4 is 33.2 Å². The van der Waals surface area contributed by atoms with Crippen molar-refractivity contribution in [1.29, 1.82) is 0 Å². The minimum atomic E-state index is 0.248. The molecule has 4 heteroatoms. The maximum absolute atomic E-state index is 6.18. The zero-order valence-electron chi connectivity index (χ0n) is 11.0. The average Bonchev–Trinajstić information content (AvgIpc) is 2.42. The molecular formula is C14H20BrClN2. The molecule has 1 saturated heterocycles. The van der Waals surface area contributed by atoms with Gasteiger partial charge in [0, 0.05) is 35.3 Å². The molecule has 0 unspecified atom stereocenters. The van der Waals surface area contributed by atoms with Gasteiger partial charge in [0.2, 0.25) is 0 Å². The van der Waals surface area contributed by atoms with Crippen molar-refractivity contribution in [3.8, 4) is 0 Å². The fourth-order valence-electron chi connectivity index (χ4n) is 2.58. The molecular weight excluding hydrogens is 312 g/mol. The van der Waals surface area contributed by atoms with Crippen LogP contribution in [-0.4, -0.2) is 25.2 Å². The van der Waals surface area contributed by atoms with Crippen LogP contribution in [0.15, 0.2) is 22.7 Å². The molecule has 18 heavy (non-hydrogen) atoms. The van der Waals surface area contributed by atoms with Crippen LogP contribution in [0.1, 0.15) is 26.7 Å². The maximum atomic E-state index is 6.18. The van der Waals surface area contributed by atoms with Gasteiger partial charge in [-0.3, -0.25) is 0 Å². The van der Waals surface area contributed by atoms with E-state index in [9.17, 15) is 0 Å². The standard InChI is InChI=1S/C14H20BrClN2/c1-3-14(4-2)10-18(8-7-17-14)11-5-6-12(15)13(16)9-11/h5-6,9,17H,3-4,7-8,10H2,1-2H3. The average molecular weight is 332 g/mol. The molecule has 1 aromatic rings. The zero-order chi connectivity index (χ0) is 13.2. The Morgan fingerprint density at radius 2 is 2.11 bits per heavy atom. The van der Waals surface area contributed by atoms with E-state index in [1.165, 1.54) is 5.69 Å². The highest BCUT2D eigenvalue weighted by Crippen LogP contribution is 2.30. The lowest BCUT2D eigenvalue weighted by Gasteiger charge is -2.44. The number of nitrogens with zero attached hydrogens (tertiary/aromatic N) is 1. The van der Waals surface area contributed by atoms with Gasteiger partial charge >= 0.3 is 0 Å². The van der Waals surface area contributed by atoms with Crippen LogP contribution >= 0.6 is 27.5 Å². The van der Waals surface area contributed by atoms with Crippen molar-refractivity contribution in [1.82, 2.24) is 5.32 Å². The Balaban J connectivity index is 2.20. The van der Waals surface area contributed by atoms with E-state index in [4.69, 9.17) is 11.6 Å². The second-order valence-corrected chi connectivity index (χ2v) is 6.20. The SMILES string of the molecule is CCC1(CC)CN(c2ccc(Br)c(Cl)c2)CCN1. The highest BCUT2D eigenvalue weighted by molar-refractivity contribution is 9.10. The van der Waals surface area contributed by atoms with E-state index in [-0.39, 0.29) is 5.54 Å². The first-order valence-electron chi connectivity index (χ1n) is 6.55. The van der Waals surface area contributed by atoms with Crippen LogP contribution in [0, 0.1) is 0 Å². The molecule has 0 saturated carbocycles. The van der Waals surface area contributed by atoms with Gasteiger partial charge in [0.15, 0.2) is 0 Å². The van der Waals surface area contributed by atoms with Crippen molar-refractivity contribution in [2.45, 2.75) is 32.2 Å². The lowest BCUT2D eigenvalue weighted by Crippen LogP contribution is -2.60. The molecule has 0 atom stereocenters. The molecule has 100 valence electrons. The van der Waals surface area contributed by atoms with Crippen LogP contribution in [0.4, 0.5) is 5.69 Å². The van der Waals surface area contributed by atoms with Crippen LogP contribution in [0.2, 0.25) is 5.02 Å². The zero-order valence-corrected chi connectivity index (χ0v) is 13.3. The summed E-state index contributed by atoms with van der Waals surface area (Å²) in [6.45, 7) is 7.65. The monoisotopic (exact) mass is 330 g/mol. The van der Waals surface area contributed by atoms with Crippen LogP contribution in [0.3, 0.4) is 0 Å². The van der Waals surface area contributed by atoms with Crippen molar-refractivity contribution in [3.63, 3.8) is 0 Å². The predicted octanol–water partition coefficient (Wildman–Crippen LogP) is 4.07. The summed E-state index contributed by atoms with van der Waals surface area (Å²) in [6.07, 6.45) is 2.31. The first-order valence-corrected chi connectivity index (χ1v) is 7.72. The molecule has 1 N–H and O–H groups in total. The Morgan fingerprint density at radius 1 is 1.39 bits per heavy atom. The van der Waals surface area contributed by atoms with Crippen molar-refractivity contribution in [2.75, 3.05) is 24.5 Å². The van der Waals surface area contributed by atoms with Gasteiger partial charge in [0.1, 0.15) is 0 Å². The number of anilines is 1. The summed E-state index contributed by atoms with van der Waals surface area (Å²) in [4.78, 5) is 2.43. The van der Waals surface area contributed by atoms with Gasteiger partial charge in [0.25, 0.3) is 0 Å². The van der Waals surface area contributed by atoms with Gasteiger partial charge < -0.3 is 10.2 Å². The molecule has 1 heterocycles. The Bertz CT molecular complexity index is 418. The normalized spacial score (nSPS) is 19.0. The third kappa shape index (κ3) is 2.84. The Hall–Kier alpha value is -0.250. The highest BCUT2D eigenvalue weighted by Gasteiger charge is 2.31. The molecule has 0 spiro atoms. The summed E-state index contributed by atoms with van der Waals surface area (Å²) in [7, 11) is 0. The van der Waals surface area contributed by atoms with Crippen molar-refractivity contribution in [2.24, 2.45) is 0 Å². The minimum absolute atomic E-state index is 0.248. The van der Waals surface area contributed by atoms with Gasteiger partial charge in [-0.25, -0.2) is 0 Å². The van der Waals surface area contributed by atoms with E-state index in [1.807, 2.05) is 12.1 Å². The fourth-order valence-corrected chi connectivity index (χ4v) is 3.00. The van der Waals surface area contributed by atoms with E-state index in [2.05, 4.69) is 46.1 Å². The van der Waals surface area contributed by atoms with Gasteiger partial charge in [-0.15, -0.1) is 0 Å². The minimum Gasteiger partial charge on any atom is -0.368 e. The Morgan fingerprint density at radius 3 is 2.72 bits per heavy atom. The van der Waals surface area contributed by atoms with Crippen LogP contribution < -0.4 is 10.2 Å². The predicted molar refractivity (Wildman–Crippen MR) is 82.7 cm³/mol. The summed E-state index contributed by atoms with van der Waals surface area (Å²) in [5, 5.41) is 4.46.